The van der Waals surface area contributed by atoms with Crippen LogP contribution in [0.4, 0.5) is 5.82 Å². The van der Waals surface area contributed by atoms with Gasteiger partial charge in [0.05, 0.1) is 6.42 Å². The van der Waals surface area contributed by atoms with Gasteiger partial charge in [0, 0.05) is 19.3 Å². The van der Waals surface area contributed by atoms with Gasteiger partial charge in [0.1, 0.15) is 5.82 Å². The third kappa shape index (κ3) is 3.67. The largest absolute Gasteiger partial charge is 0.357 e. The van der Waals surface area contributed by atoms with Gasteiger partial charge in [0.2, 0.25) is 5.91 Å². The van der Waals surface area contributed by atoms with Gasteiger partial charge in [-0.25, -0.2) is 10.5 Å². The summed E-state index contributed by atoms with van der Waals surface area (Å²) in [5.74, 6) is 1.41. The summed E-state index contributed by atoms with van der Waals surface area (Å²) in [5, 5.41) is 8.47. The fraction of sp³-hybridized carbons (Fsp3) is 0.571. The van der Waals surface area contributed by atoms with Crippen molar-refractivity contribution in [3.63, 3.8) is 0 Å². The minimum absolute atomic E-state index is 0.154. The van der Waals surface area contributed by atoms with E-state index >= 15 is 0 Å². The first-order valence-corrected chi connectivity index (χ1v) is 6.85. The van der Waals surface area contributed by atoms with Gasteiger partial charge in [-0.2, -0.15) is 0 Å². The van der Waals surface area contributed by atoms with Crippen molar-refractivity contribution in [2.24, 2.45) is 5.92 Å². The Kier molecular flexibility index (Phi) is 4.74. The molecule has 19 heavy (non-hydrogen) atoms. The topological polar surface area (TPSA) is 65.5 Å². The summed E-state index contributed by atoms with van der Waals surface area (Å²) in [4.78, 5) is 17.7. The standard InChI is InChI=1S/C14H21N3O2/c1-2-11-5-7-17(8-6-11)13-4-3-12(10-15-13)9-14(18)16-19/h3-4,10-11,19H,2,5-9H2,1H3,(H,16,18). The fourth-order valence-corrected chi connectivity index (χ4v) is 2.50. The van der Waals surface area contributed by atoms with Gasteiger partial charge in [-0.05, 0) is 30.4 Å². The lowest BCUT2D eigenvalue weighted by molar-refractivity contribution is -0.128. The van der Waals surface area contributed by atoms with Crippen molar-refractivity contribution in [1.29, 1.82) is 0 Å². The third-order valence-electron chi connectivity index (χ3n) is 3.81. The van der Waals surface area contributed by atoms with Crippen molar-refractivity contribution in [1.82, 2.24) is 10.5 Å². The summed E-state index contributed by atoms with van der Waals surface area (Å²) < 4.78 is 0. The lowest BCUT2D eigenvalue weighted by atomic mass is 9.94. The molecule has 1 aliphatic heterocycles. The summed E-state index contributed by atoms with van der Waals surface area (Å²) in [6.45, 7) is 4.36. The molecule has 5 heteroatoms. The zero-order valence-electron chi connectivity index (χ0n) is 11.3. The molecule has 0 aromatic carbocycles. The molecule has 0 spiro atoms. The van der Waals surface area contributed by atoms with Crippen LogP contribution in [-0.4, -0.2) is 29.2 Å². The van der Waals surface area contributed by atoms with Crippen LogP contribution in [0.5, 0.6) is 0 Å². The van der Waals surface area contributed by atoms with Crippen molar-refractivity contribution >= 4 is 11.7 Å². The van der Waals surface area contributed by atoms with E-state index in [1.807, 2.05) is 12.1 Å². The third-order valence-corrected chi connectivity index (χ3v) is 3.81. The Bertz CT molecular complexity index is 411. The second kappa shape index (κ2) is 6.52. The normalized spacial score (nSPS) is 16.4. The molecule has 2 rings (SSSR count). The molecule has 2 heterocycles. The van der Waals surface area contributed by atoms with Crippen molar-refractivity contribution in [2.45, 2.75) is 32.6 Å². The first-order chi connectivity index (χ1) is 9.22. The number of amides is 1. The van der Waals surface area contributed by atoms with Crippen LogP contribution < -0.4 is 10.4 Å². The number of hydroxylamine groups is 1. The zero-order valence-corrected chi connectivity index (χ0v) is 11.3. The molecule has 1 aliphatic rings. The van der Waals surface area contributed by atoms with Gasteiger partial charge in [0.15, 0.2) is 0 Å². The Labute approximate surface area is 113 Å². The second-order valence-electron chi connectivity index (χ2n) is 5.08. The van der Waals surface area contributed by atoms with E-state index in [0.717, 1.165) is 30.4 Å². The van der Waals surface area contributed by atoms with Crippen LogP contribution in [0.1, 0.15) is 31.7 Å². The van der Waals surface area contributed by atoms with E-state index in [1.54, 1.807) is 11.7 Å². The van der Waals surface area contributed by atoms with Crippen LogP contribution >= 0.6 is 0 Å². The predicted molar refractivity (Wildman–Crippen MR) is 73.1 cm³/mol. The molecule has 0 atom stereocenters. The van der Waals surface area contributed by atoms with Gasteiger partial charge >= 0.3 is 0 Å². The van der Waals surface area contributed by atoms with E-state index in [2.05, 4.69) is 16.8 Å². The number of hydrogen-bond acceptors (Lipinski definition) is 4. The maximum Gasteiger partial charge on any atom is 0.247 e. The molecule has 0 bridgehead atoms. The second-order valence-corrected chi connectivity index (χ2v) is 5.08. The average Bonchev–Trinajstić information content (AvgIpc) is 2.48. The molecule has 1 aromatic heterocycles. The first kappa shape index (κ1) is 13.8. The number of anilines is 1. The summed E-state index contributed by atoms with van der Waals surface area (Å²) in [6, 6.07) is 3.84. The van der Waals surface area contributed by atoms with Gasteiger partial charge in [-0.1, -0.05) is 19.4 Å². The monoisotopic (exact) mass is 263 g/mol. The van der Waals surface area contributed by atoms with E-state index in [9.17, 15) is 4.79 Å². The lowest BCUT2D eigenvalue weighted by Crippen LogP contribution is -2.34. The number of nitrogens with zero attached hydrogens (tertiary/aromatic N) is 2. The van der Waals surface area contributed by atoms with Crippen LogP contribution in [0.3, 0.4) is 0 Å². The Morgan fingerprint density at radius 3 is 2.74 bits per heavy atom. The minimum atomic E-state index is -0.418. The molecular weight excluding hydrogens is 242 g/mol. The van der Waals surface area contributed by atoms with Gasteiger partial charge in [-0.3, -0.25) is 10.0 Å². The Morgan fingerprint density at radius 1 is 1.47 bits per heavy atom. The molecule has 1 saturated heterocycles. The molecule has 1 amide bonds. The smallest absolute Gasteiger partial charge is 0.247 e. The number of piperidine rings is 1. The molecule has 2 N–H and O–H groups in total. The van der Waals surface area contributed by atoms with Crippen molar-refractivity contribution in [2.75, 3.05) is 18.0 Å². The molecule has 1 fully saturated rings. The maximum absolute atomic E-state index is 11.0. The van der Waals surface area contributed by atoms with Crippen LogP contribution in [0.2, 0.25) is 0 Å². The molecule has 104 valence electrons. The van der Waals surface area contributed by atoms with E-state index in [4.69, 9.17) is 5.21 Å². The van der Waals surface area contributed by atoms with Gasteiger partial charge in [-0.15, -0.1) is 0 Å². The highest BCUT2D eigenvalue weighted by Crippen LogP contribution is 2.23. The highest BCUT2D eigenvalue weighted by atomic mass is 16.5. The number of carbonyl (C=O) groups is 1. The van der Waals surface area contributed by atoms with E-state index < -0.39 is 5.91 Å². The average molecular weight is 263 g/mol. The van der Waals surface area contributed by atoms with Crippen molar-refractivity contribution < 1.29 is 10.0 Å². The summed E-state index contributed by atoms with van der Waals surface area (Å²) in [6.07, 6.45) is 5.58. The van der Waals surface area contributed by atoms with Crippen LogP contribution in [0.25, 0.3) is 0 Å². The number of hydrogen-bond donors (Lipinski definition) is 2. The molecule has 5 nitrogen and oxygen atoms in total. The SMILES string of the molecule is CCC1CCN(c2ccc(CC(=O)NO)cn2)CC1. The Morgan fingerprint density at radius 2 is 2.21 bits per heavy atom. The number of rotatable bonds is 4. The van der Waals surface area contributed by atoms with Crippen LogP contribution in [-0.2, 0) is 11.2 Å². The minimum Gasteiger partial charge on any atom is -0.357 e. The van der Waals surface area contributed by atoms with E-state index in [0.29, 0.717) is 0 Å². The number of pyridine rings is 1. The first-order valence-electron chi connectivity index (χ1n) is 6.85. The van der Waals surface area contributed by atoms with E-state index in [-0.39, 0.29) is 6.42 Å². The van der Waals surface area contributed by atoms with Crippen molar-refractivity contribution in [3.8, 4) is 0 Å². The van der Waals surface area contributed by atoms with Crippen LogP contribution in [0.15, 0.2) is 18.3 Å². The predicted octanol–water partition coefficient (Wildman–Crippen LogP) is 1.76. The molecular formula is C14H21N3O2. The molecule has 0 saturated carbocycles. The number of carbonyl (C=O) groups excluding carboxylic acids is 1. The maximum atomic E-state index is 11.0. The summed E-state index contributed by atoms with van der Waals surface area (Å²) in [7, 11) is 0. The number of nitrogens with one attached hydrogen (secondary N) is 1. The summed E-state index contributed by atoms with van der Waals surface area (Å²) >= 11 is 0. The highest BCUT2D eigenvalue weighted by molar-refractivity contribution is 5.77. The van der Waals surface area contributed by atoms with Crippen LogP contribution in [0, 0.1) is 5.92 Å². The Balaban J connectivity index is 1.93. The zero-order chi connectivity index (χ0) is 13.7. The van der Waals surface area contributed by atoms with Crippen molar-refractivity contribution in [3.05, 3.63) is 23.9 Å². The lowest BCUT2D eigenvalue weighted by Gasteiger charge is -2.32. The molecule has 0 radical (unpaired) electrons. The number of aromatic nitrogens is 1. The van der Waals surface area contributed by atoms with Gasteiger partial charge < -0.3 is 4.90 Å². The molecule has 0 aliphatic carbocycles. The van der Waals surface area contributed by atoms with E-state index in [1.165, 1.54) is 19.3 Å². The highest BCUT2D eigenvalue weighted by Gasteiger charge is 2.18. The quantitative estimate of drug-likeness (QED) is 0.641. The van der Waals surface area contributed by atoms with Gasteiger partial charge in [0.25, 0.3) is 0 Å². The summed E-state index contributed by atoms with van der Waals surface area (Å²) in [5.41, 5.74) is 2.43. The fourth-order valence-electron chi connectivity index (χ4n) is 2.50. The molecule has 0 unspecified atom stereocenters. The Hall–Kier alpha value is -1.62. The molecule has 1 aromatic rings.